The Morgan fingerprint density at radius 3 is 2.35 bits per heavy atom. The molecule has 1 heterocycles. The Bertz CT molecular complexity index is 1230. The molecule has 0 bridgehead atoms. The number of carbonyl (C=O) groups is 3. The van der Waals surface area contributed by atoms with Gasteiger partial charge in [0.15, 0.2) is 0 Å². The van der Waals surface area contributed by atoms with Gasteiger partial charge in [-0.25, -0.2) is 12.7 Å². The molecule has 1 aliphatic rings. The normalized spacial score (nSPS) is 15.2. The standard InChI is InChI=1S/C23H25Cl2N3O5S/c1-4-19(22(30)26-14(2)3)27(12-15-9-10-17(24)18(25)11-15)21(29)13-28-23(31)16-7-5-6-8-20(16)34(28,32)33/h5-11,14,19H,4,12-13H2,1-3H3,(H,26,30)/t19-/m0/s1. The molecule has 34 heavy (non-hydrogen) atoms. The fourth-order valence-electron chi connectivity index (χ4n) is 3.74. The van der Waals surface area contributed by atoms with E-state index in [4.69, 9.17) is 23.2 Å². The zero-order valence-electron chi connectivity index (χ0n) is 18.9. The van der Waals surface area contributed by atoms with Crippen LogP contribution in [0.1, 0.15) is 43.1 Å². The Morgan fingerprint density at radius 1 is 1.09 bits per heavy atom. The summed E-state index contributed by atoms with van der Waals surface area (Å²) in [5.41, 5.74) is 0.605. The summed E-state index contributed by atoms with van der Waals surface area (Å²) in [5, 5.41) is 3.40. The predicted molar refractivity (Wildman–Crippen MR) is 129 cm³/mol. The van der Waals surface area contributed by atoms with Crippen LogP contribution in [-0.4, -0.2) is 54.0 Å². The lowest BCUT2D eigenvalue weighted by atomic mass is 10.1. The van der Waals surface area contributed by atoms with E-state index in [2.05, 4.69) is 5.32 Å². The van der Waals surface area contributed by atoms with Gasteiger partial charge >= 0.3 is 0 Å². The van der Waals surface area contributed by atoms with Crippen molar-refractivity contribution in [2.75, 3.05) is 6.54 Å². The van der Waals surface area contributed by atoms with Crippen LogP contribution in [0.3, 0.4) is 0 Å². The Labute approximate surface area is 208 Å². The molecule has 0 fully saturated rings. The van der Waals surface area contributed by atoms with Crippen LogP contribution in [0.4, 0.5) is 0 Å². The summed E-state index contributed by atoms with van der Waals surface area (Å²) in [4.78, 5) is 40.3. The summed E-state index contributed by atoms with van der Waals surface area (Å²) in [6, 6.07) is 9.53. The molecule has 1 atom stereocenters. The van der Waals surface area contributed by atoms with Crippen molar-refractivity contribution in [2.24, 2.45) is 0 Å². The van der Waals surface area contributed by atoms with Gasteiger partial charge in [0.05, 0.1) is 15.6 Å². The highest BCUT2D eigenvalue weighted by Gasteiger charge is 2.43. The third-order valence-corrected chi connectivity index (χ3v) is 7.87. The first-order valence-corrected chi connectivity index (χ1v) is 12.9. The van der Waals surface area contributed by atoms with E-state index >= 15 is 0 Å². The maximum absolute atomic E-state index is 13.5. The Kier molecular flexibility index (Phi) is 7.90. The van der Waals surface area contributed by atoms with E-state index in [1.165, 1.54) is 23.1 Å². The monoisotopic (exact) mass is 525 g/mol. The average Bonchev–Trinajstić information content (AvgIpc) is 2.96. The Morgan fingerprint density at radius 2 is 1.76 bits per heavy atom. The molecule has 0 aromatic heterocycles. The van der Waals surface area contributed by atoms with Gasteiger partial charge in [0.1, 0.15) is 17.5 Å². The zero-order chi connectivity index (χ0) is 25.2. The van der Waals surface area contributed by atoms with Gasteiger partial charge < -0.3 is 10.2 Å². The number of carbonyl (C=O) groups excluding carboxylic acids is 3. The fraction of sp³-hybridized carbons (Fsp3) is 0.348. The van der Waals surface area contributed by atoms with Crippen LogP contribution in [-0.2, 0) is 26.2 Å². The van der Waals surface area contributed by atoms with E-state index in [0.717, 1.165) is 0 Å². The fourth-order valence-corrected chi connectivity index (χ4v) is 5.57. The summed E-state index contributed by atoms with van der Waals surface area (Å²) in [5.74, 6) is -1.86. The molecule has 182 valence electrons. The number of amides is 3. The molecular formula is C23H25Cl2N3O5S. The molecule has 8 nitrogen and oxygen atoms in total. The molecule has 3 rings (SSSR count). The molecule has 0 saturated heterocycles. The SMILES string of the molecule is CC[C@@H](C(=O)NC(C)C)N(Cc1ccc(Cl)c(Cl)c1)C(=O)CN1C(=O)c2ccccc2S1(=O)=O. The minimum absolute atomic E-state index is 0.0101. The number of sulfonamides is 1. The number of hydrogen-bond donors (Lipinski definition) is 1. The minimum Gasteiger partial charge on any atom is -0.352 e. The minimum atomic E-state index is -4.18. The number of nitrogens with one attached hydrogen (secondary N) is 1. The van der Waals surface area contributed by atoms with Crippen molar-refractivity contribution >= 4 is 50.9 Å². The lowest BCUT2D eigenvalue weighted by Gasteiger charge is -2.32. The molecule has 0 spiro atoms. The van der Waals surface area contributed by atoms with Gasteiger partial charge in [-0.1, -0.05) is 48.3 Å². The Balaban J connectivity index is 1.95. The molecule has 11 heteroatoms. The number of benzene rings is 2. The highest BCUT2D eigenvalue weighted by Crippen LogP contribution is 2.30. The van der Waals surface area contributed by atoms with Crippen molar-refractivity contribution < 1.29 is 22.8 Å². The van der Waals surface area contributed by atoms with E-state index in [0.29, 0.717) is 14.9 Å². The lowest BCUT2D eigenvalue weighted by molar-refractivity contribution is -0.141. The highest BCUT2D eigenvalue weighted by atomic mass is 35.5. The number of rotatable bonds is 8. The largest absolute Gasteiger partial charge is 0.352 e. The van der Waals surface area contributed by atoms with E-state index in [9.17, 15) is 22.8 Å². The van der Waals surface area contributed by atoms with E-state index in [-0.39, 0.29) is 40.4 Å². The maximum atomic E-state index is 13.5. The van der Waals surface area contributed by atoms with Gasteiger partial charge in [0.25, 0.3) is 15.9 Å². The van der Waals surface area contributed by atoms with Gasteiger partial charge in [0.2, 0.25) is 11.8 Å². The summed E-state index contributed by atoms with van der Waals surface area (Å²) in [6.45, 7) is 4.57. The van der Waals surface area contributed by atoms with E-state index < -0.39 is 34.4 Å². The molecule has 1 aliphatic heterocycles. The van der Waals surface area contributed by atoms with Crippen molar-refractivity contribution in [2.45, 2.75) is 50.7 Å². The summed E-state index contributed by atoms with van der Waals surface area (Å²) in [6.07, 6.45) is 0.270. The number of hydrogen-bond acceptors (Lipinski definition) is 5. The van der Waals surface area contributed by atoms with Crippen LogP contribution in [0.5, 0.6) is 0 Å². The van der Waals surface area contributed by atoms with Crippen LogP contribution >= 0.6 is 23.2 Å². The molecular weight excluding hydrogens is 501 g/mol. The van der Waals surface area contributed by atoms with Crippen LogP contribution < -0.4 is 5.32 Å². The quantitative estimate of drug-likeness (QED) is 0.568. The molecule has 1 N–H and O–H groups in total. The van der Waals surface area contributed by atoms with Crippen LogP contribution in [0, 0.1) is 0 Å². The second-order valence-corrected chi connectivity index (χ2v) is 10.8. The first-order chi connectivity index (χ1) is 16.0. The maximum Gasteiger partial charge on any atom is 0.269 e. The van der Waals surface area contributed by atoms with Crippen molar-refractivity contribution in [3.63, 3.8) is 0 Å². The van der Waals surface area contributed by atoms with Crippen molar-refractivity contribution in [3.05, 3.63) is 63.6 Å². The second kappa shape index (κ2) is 10.3. The van der Waals surface area contributed by atoms with Gasteiger partial charge in [0, 0.05) is 12.6 Å². The summed E-state index contributed by atoms with van der Waals surface area (Å²) >= 11 is 12.1. The summed E-state index contributed by atoms with van der Waals surface area (Å²) < 4.78 is 26.4. The first-order valence-electron chi connectivity index (χ1n) is 10.7. The molecule has 0 radical (unpaired) electrons. The molecule has 2 aromatic carbocycles. The average molecular weight is 526 g/mol. The molecule has 0 aliphatic carbocycles. The Hall–Kier alpha value is -2.62. The first kappa shape index (κ1) is 26.0. The predicted octanol–water partition coefficient (Wildman–Crippen LogP) is 3.47. The van der Waals surface area contributed by atoms with Gasteiger partial charge in [-0.15, -0.1) is 0 Å². The van der Waals surface area contributed by atoms with Crippen LogP contribution in [0.25, 0.3) is 0 Å². The molecule has 3 amide bonds. The third kappa shape index (κ3) is 5.21. The third-order valence-electron chi connectivity index (χ3n) is 5.34. The molecule has 0 saturated carbocycles. The van der Waals surface area contributed by atoms with Gasteiger partial charge in [-0.3, -0.25) is 14.4 Å². The number of fused-ring (bicyclic) bond motifs is 1. The van der Waals surface area contributed by atoms with E-state index in [1.807, 2.05) is 0 Å². The van der Waals surface area contributed by atoms with Crippen molar-refractivity contribution in [1.29, 1.82) is 0 Å². The molecule has 2 aromatic rings. The van der Waals surface area contributed by atoms with E-state index in [1.54, 1.807) is 45.0 Å². The zero-order valence-corrected chi connectivity index (χ0v) is 21.2. The van der Waals surface area contributed by atoms with Crippen molar-refractivity contribution in [1.82, 2.24) is 14.5 Å². The van der Waals surface area contributed by atoms with Crippen LogP contribution in [0.15, 0.2) is 47.4 Å². The topological polar surface area (TPSA) is 104 Å². The lowest BCUT2D eigenvalue weighted by Crippen LogP contribution is -2.53. The second-order valence-electron chi connectivity index (χ2n) is 8.17. The number of halogens is 2. The van der Waals surface area contributed by atoms with Crippen molar-refractivity contribution in [3.8, 4) is 0 Å². The van der Waals surface area contributed by atoms with Gasteiger partial charge in [-0.2, -0.15) is 0 Å². The smallest absolute Gasteiger partial charge is 0.269 e. The molecule has 0 unspecified atom stereocenters. The highest BCUT2D eigenvalue weighted by molar-refractivity contribution is 7.90. The van der Waals surface area contributed by atoms with Crippen LogP contribution in [0.2, 0.25) is 10.0 Å². The van der Waals surface area contributed by atoms with Gasteiger partial charge in [-0.05, 0) is 50.1 Å². The summed E-state index contributed by atoms with van der Waals surface area (Å²) in [7, 11) is -4.18. The number of nitrogens with zero attached hydrogens (tertiary/aromatic N) is 2.